The van der Waals surface area contributed by atoms with Crippen LogP contribution in [0.5, 0.6) is 5.75 Å². The highest BCUT2D eigenvalue weighted by molar-refractivity contribution is 5.99. The fourth-order valence-corrected chi connectivity index (χ4v) is 2.19. The number of hydrogen-bond acceptors (Lipinski definition) is 7. The van der Waals surface area contributed by atoms with Crippen molar-refractivity contribution in [3.05, 3.63) is 36.0 Å². The minimum Gasteiger partial charge on any atom is -0.496 e. The molecule has 0 unspecified atom stereocenters. The van der Waals surface area contributed by atoms with Crippen LogP contribution in [0.2, 0.25) is 0 Å². The number of aromatic nitrogens is 2. The molecule has 2 aromatic rings. The quantitative estimate of drug-likeness (QED) is 0.648. The molecule has 1 heterocycles. The van der Waals surface area contributed by atoms with E-state index in [1.807, 2.05) is 12.1 Å². The third-order valence-electron chi connectivity index (χ3n) is 3.32. The number of rotatable bonds is 8. The molecule has 128 valence electrons. The molecule has 0 saturated heterocycles. The van der Waals surface area contributed by atoms with Crippen molar-refractivity contribution in [2.24, 2.45) is 11.5 Å². The summed E-state index contributed by atoms with van der Waals surface area (Å²) in [6.45, 7) is 0.834. The molecule has 1 aromatic heterocycles. The van der Waals surface area contributed by atoms with Crippen LogP contribution in [-0.2, 0) is 4.74 Å². The van der Waals surface area contributed by atoms with Gasteiger partial charge in [-0.05, 0) is 12.1 Å². The Kier molecular flexibility index (Phi) is 6.05. The molecule has 2 rings (SSSR count). The Labute approximate surface area is 140 Å². The lowest BCUT2D eigenvalue weighted by Crippen LogP contribution is -2.33. The predicted molar refractivity (Wildman–Crippen MR) is 90.9 cm³/mol. The van der Waals surface area contributed by atoms with E-state index < -0.39 is 5.91 Å². The van der Waals surface area contributed by atoms with Crippen molar-refractivity contribution in [3.8, 4) is 17.0 Å². The molecule has 0 radical (unpaired) electrons. The van der Waals surface area contributed by atoms with Crippen LogP contribution in [0.1, 0.15) is 10.4 Å². The summed E-state index contributed by atoms with van der Waals surface area (Å²) >= 11 is 0. The zero-order valence-electron chi connectivity index (χ0n) is 13.7. The Bertz CT molecular complexity index is 708. The number of nitrogens with two attached hydrogens (primary N) is 2. The monoisotopic (exact) mass is 331 g/mol. The highest BCUT2D eigenvalue weighted by Gasteiger charge is 2.17. The molecule has 1 atom stereocenters. The summed E-state index contributed by atoms with van der Waals surface area (Å²) < 4.78 is 10.3. The zero-order valence-corrected chi connectivity index (χ0v) is 13.7. The summed E-state index contributed by atoms with van der Waals surface area (Å²) in [4.78, 5) is 20.2. The average molecular weight is 331 g/mol. The van der Waals surface area contributed by atoms with Crippen LogP contribution in [0, 0.1) is 0 Å². The van der Waals surface area contributed by atoms with E-state index >= 15 is 0 Å². The topological polar surface area (TPSA) is 125 Å². The van der Waals surface area contributed by atoms with E-state index in [1.165, 1.54) is 6.20 Å². The van der Waals surface area contributed by atoms with Gasteiger partial charge in [0.2, 0.25) is 5.95 Å². The Morgan fingerprint density at radius 3 is 2.75 bits per heavy atom. The Morgan fingerprint density at radius 2 is 2.08 bits per heavy atom. The number of ether oxygens (including phenoxy) is 2. The Balaban J connectivity index is 2.37. The first-order valence-electron chi connectivity index (χ1n) is 7.35. The number of carbonyl (C=O) groups is 1. The molecule has 8 heteroatoms. The molecular weight excluding hydrogens is 310 g/mol. The van der Waals surface area contributed by atoms with Crippen molar-refractivity contribution in [1.82, 2.24) is 9.97 Å². The van der Waals surface area contributed by atoms with Crippen molar-refractivity contribution >= 4 is 11.9 Å². The average Bonchev–Trinajstić information content (AvgIpc) is 2.59. The van der Waals surface area contributed by atoms with Crippen LogP contribution >= 0.6 is 0 Å². The number of anilines is 1. The largest absolute Gasteiger partial charge is 0.496 e. The molecule has 24 heavy (non-hydrogen) atoms. The molecule has 0 spiro atoms. The van der Waals surface area contributed by atoms with Crippen LogP contribution in [0.3, 0.4) is 0 Å². The van der Waals surface area contributed by atoms with Gasteiger partial charge in [0, 0.05) is 31.5 Å². The van der Waals surface area contributed by atoms with Gasteiger partial charge in [-0.15, -0.1) is 0 Å². The number of methoxy groups -OCH3 is 2. The first-order valence-corrected chi connectivity index (χ1v) is 7.35. The summed E-state index contributed by atoms with van der Waals surface area (Å²) in [5, 5.41) is 3.02. The van der Waals surface area contributed by atoms with Crippen molar-refractivity contribution in [2.45, 2.75) is 6.04 Å². The number of primary amides is 1. The smallest absolute Gasteiger partial charge is 0.252 e. The third kappa shape index (κ3) is 4.18. The molecule has 0 aliphatic rings. The molecule has 0 fully saturated rings. The van der Waals surface area contributed by atoms with Gasteiger partial charge in [-0.2, -0.15) is 0 Å². The minimum atomic E-state index is -0.612. The maximum absolute atomic E-state index is 11.7. The third-order valence-corrected chi connectivity index (χ3v) is 3.32. The molecule has 8 nitrogen and oxygen atoms in total. The number of para-hydroxylation sites is 1. The lowest BCUT2D eigenvalue weighted by molar-refractivity contribution is 0.100. The molecule has 0 saturated carbocycles. The van der Waals surface area contributed by atoms with Gasteiger partial charge >= 0.3 is 0 Å². The second kappa shape index (κ2) is 8.23. The molecule has 0 bridgehead atoms. The van der Waals surface area contributed by atoms with Crippen LogP contribution in [0.4, 0.5) is 5.95 Å². The van der Waals surface area contributed by atoms with Gasteiger partial charge in [0.1, 0.15) is 5.75 Å². The van der Waals surface area contributed by atoms with E-state index in [9.17, 15) is 4.79 Å². The van der Waals surface area contributed by atoms with E-state index in [4.69, 9.17) is 20.9 Å². The van der Waals surface area contributed by atoms with Crippen molar-refractivity contribution in [3.63, 3.8) is 0 Å². The minimum absolute atomic E-state index is 0.205. The number of carbonyl (C=O) groups excluding carboxylic acids is 1. The van der Waals surface area contributed by atoms with Gasteiger partial charge in [-0.1, -0.05) is 12.1 Å². The highest BCUT2D eigenvalue weighted by atomic mass is 16.5. The normalized spacial score (nSPS) is 11.8. The lowest BCUT2D eigenvalue weighted by atomic mass is 10.1. The van der Waals surface area contributed by atoms with E-state index in [1.54, 1.807) is 26.4 Å². The first-order chi connectivity index (χ1) is 11.6. The van der Waals surface area contributed by atoms with Gasteiger partial charge < -0.3 is 26.3 Å². The fraction of sp³-hybridized carbons (Fsp3) is 0.312. The number of amides is 1. The summed E-state index contributed by atoms with van der Waals surface area (Å²) in [6, 6.07) is 7.03. The predicted octanol–water partition coefficient (Wildman–Crippen LogP) is 0.637. The number of nitrogens with one attached hydrogen (secondary N) is 1. The highest BCUT2D eigenvalue weighted by Crippen LogP contribution is 2.30. The van der Waals surface area contributed by atoms with Gasteiger partial charge in [0.25, 0.3) is 5.91 Å². The zero-order chi connectivity index (χ0) is 17.5. The SMILES string of the molecule is COC[C@H](N)CNc1ncc(C(N)=O)c(-c2ccccc2OC)n1. The van der Waals surface area contributed by atoms with E-state index in [-0.39, 0.29) is 11.6 Å². The number of nitrogens with zero attached hydrogens (tertiary/aromatic N) is 2. The molecule has 1 amide bonds. The molecule has 5 N–H and O–H groups in total. The number of benzene rings is 1. The van der Waals surface area contributed by atoms with E-state index in [0.29, 0.717) is 36.1 Å². The van der Waals surface area contributed by atoms with E-state index in [2.05, 4.69) is 15.3 Å². The second-order valence-corrected chi connectivity index (χ2v) is 5.12. The van der Waals surface area contributed by atoms with Gasteiger partial charge in [0.05, 0.1) is 25.0 Å². The Morgan fingerprint density at radius 1 is 1.33 bits per heavy atom. The lowest BCUT2D eigenvalue weighted by Gasteiger charge is -2.14. The van der Waals surface area contributed by atoms with Crippen LogP contribution in [0.25, 0.3) is 11.3 Å². The first kappa shape index (κ1) is 17.6. The number of hydrogen-bond donors (Lipinski definition) is 3. The fourth-order valence-electron chi connectivity index (χ4n) is 2.19. The molecule has 1 aromatic carbocycles. The van der Waals surface area contributed by atoms with Crippen molar-refractivity contribution in [2.75, 3.05) is 32.7 Å². The van der Waals surface area contributed by atoms with Crippen LogP contribution in [0.15, 0.2) is 30.5 Å². The molecule has 0 aliphatic heterocycles. The van der Waals surface area contributed by atoms with Gasteiger partial charge in [-0.3, -0.25) is 4.79 Å². The maximum Gasteiger partial charge on any atom is 0.252 e. The second-order valence-electron chi connectivity index (χ2n) is 5.12. The summed E-state index contributed by atoms with van der Waals surface area (Å²) in [6.07, 6.45) is 1.39. The molecule has 0 aliphatic carbocycles. The van der Waals surface area contributed by atoms with Gasteiger partial charge in [-0.25, -0.2) is 9.97 Å². The van der Waals surface area contributed by atoms with Crippen LogP contribution < -0.4 is 21.5 Å². The summed E-state index contributed by atoms with van der Waals surface area (Å²) in [7, 11) is 3.13. The van der Waals surface area contributed by atoms with E-state index in [0.717, 1.165) is 0 Å². The molecular formula is C16H21N5O3. The van der Waals surface area contributed by atoms with Crippen molar-refractivity contribution in [1.29, 1.82) is 0 Å². The van der Waals surface area contributed by atoms with Gasteiger partial charge in [0.15, 0.2) is 0 Å². The van der Waals surface area contributed by atoms with Crippen molar-refractivity contribution < 1.29 is 14.3 Å². The Hall–Kier alpha value is -2.71. The summed E-state index contributed by atoms with van der Waals surface area (Å²) in [5.41, 5.74) is 12.6. The summed E-state index contributed by atoms with van der Waals surface area (Å²) in [5.74, 6) is 0.312. The standard InChI is InChI=1S/C16H21N5O3/c1-23-9-10(17)7-19-16-20-8-12(15(18)22)14(21-16)11-5-3-4-6-13(11)24-2/h3-6,8,10H,7,9,17H2,1-2H3,(H2,18,22)(H,19,20,21)/t10-/m1/s1. The maximum atomic E-state index is 11.7. The van der Waals surface area contributed by atoms with Crippen LogP contribution in [-0.4, -0.2) is 49.3 Å².